The molecular formula is C17H13ClFN3O. The van der Waals surface area contributed by atoms with Crippen molar-refractivity contribution in [1.29, 1.82) is 0 Å². The van der Waals surface area contributed by atoms with E-state index < -0.39 is 12.1 Å². The SMILES string of the molecule is Nc1nc2ccc(-c3ccccc3Cl)cn2c1C(=O)[C@@H]1C[C@@H]1F. The molecule has 116 valence electrons. The number of imidazole rings is 1. The normalized spacial score (nSPS) is 19.9. The van der Waals surface area contributed by atoms with E-state index in [2.05, 4.69) is 4.98 Å². The maximum absolute atomic E-state index is 13.2. The van der Waals surface area contributed by atoms with Gasteiger partial charge in [-0.3, -0.25) is 9.20 Å². The Morgan fingerprint density at radius 2 is 2.04 bits per heavy atom. The Morgan fingerprint density at radius 1 is 1.30 bits per heavy atom. The number of ketones is 1. The molecule has 6 heteroatoms. The van der Waals surface area contributed by atoms with Crippen molar-refractivity contribution in [2.24, 2.45) is 5.92 Å². The van der Waals surface area contributed by atoms with Crippen LogP contribution in [0.2, 0.25) is 5.02 Å². The molecule has 1 aliphatic carbocycles. The summed E-state index contributed by atoms with van der Waals surface area (Å²) in [6, 6.07) is 11.1. The Balaban J connectivity index is 1.88. The van der Waals surface area contributed by atoms with Crippen LogP contribution in [0.4, 0.5) is 10.2 Å². The van der Waals surface area contributed by atoms with E-state index in [4.69, 9.17) is 17.3 Å². The molecule has 2 aromatic heterocycles. The Kier molecular flexibility index (Phi) is 3.13. The molecule has 2 atom stereocenters. The van der Waals surface area contributed by atoms with E-state index in [0.29, 0.717) is 10.7 Å². The first-order chi connectivity index (χ1) is 11.1. The highest BCUT2D eigenvalue weighted by Crippen LogP contribution is 2.38. The number of pyridine rings is 1. The average molecular weight is 330 g/mol. The molecule has 1 aliphatic rings. The number of carbonyl (C=O) groups excluding carboxylic acids is 1. The van der Waals surface area contributed by atoms with Crippen LogP contribution in [0.25, 0.3) is 16.8 Å². The maximum Gasteiger partial charge on any atom is 0.189 e. The number of nitrogens with zero attached hydrogens (tertiary/aromatic N) is 2. The van der Waals surface area contributed by atoms with Gasteiger partial charge in [0.05, 0.1) is 5.92 Å². The lowest BCUT2D eigenvalue weighted by atomic mass is 10.1. The summed E-state index contributed by atoms with van der Waals surface area (Å²) in [6.45, 7) is 0. The number of aromatic nitrogens is 2. The van der Waals surface area contributed by atoms with Gasteiger partial charge in [0.25, 0.3) is 0 Å². The monoisotopic (exact) mass is 329 g/mol. The number of nitrogen functional groups attached to an aromatic ring is 1. The van der Waals surface area contributed by atoms with Gasteiger partial charge in [0.1, 0.15) is 17.5 Å². The number of hydrogen-bond donors (Lipinski definition) is 1. The third kappa shape index (κ3) is 2.28. The zero-order valence-electron chi connectivity index (χ0n) is 12.0. The van der Waals surface area contributed by atoms with Crippen molar-refractivity contribution >= 4 is 28.8 Å². The molecule has 2 heterocycles. The number of halogens is 2. The molecule has 0 unspecified atom stereocenters. The second-order valence-corrected chi connectivity index (χ2v) is 6.10. The van der Waals surface area contributed by atoms with Crippen LogP contribution in [-0.2, 0) is 0 Å². The van der Waals surface area contributed by atoms with E-state index in [-0.39, 0.29) is 23.7 Å². The molecule has 1 saturated carbocycles. The summed E-state index contributed by atoms with van der Waals surface area (Å²) in [5.74, 6) is -0.759. The standard InChI is InChI=1S/C17H13ClFN3O/c18-12-4-2-1-3-10(12)9-5-6-14-21-17(20)15(22(14)8-9)16(23)11-7-13(11)19/h1-6,8,11,13H,7,20H2/t11-,13+/m1/s1. The predicted molar refractivity (Wildman–Crippen MR) is 87.4 cm³/mol. The smallest absolute Gasteiger partial charge is 0.189 e. The molecule has 0 bridgehead atoms. The molecule has 23 heavy (non-hydrogen) atoms. The Labute approximate surface area is 136 Å². The van der Waals surface area contributed by atoms with Gasteiger partial charge in [0.2, 0.25) is 0 Å². The molecule has 1 fully saturated rings. The molecule has 2 N–H and O–H groups in total. The minimum absolute atomic E-state index is 0.130. The van der Waals surface area contributed by atoms with Gasteiger partial charge in [-0.2, -0.15) is 0 Å². The lowest BCUT2D eigenvalue weighted by Crippen LogP contribution is -2.10. The average Bonchev–Trinajstić information content (AvgIpc) is 3.17. The summed E-state index contributed by atoms with van der Waals surface area (Å²) in [5.41, 5.74) is 8.36. The minimum Gasteiger partial charge on any atom is -0.382 e. The molecular weight excluding hydrogens is 317 g/mol. The summed E-state index contributed by atoms with van der Waals surface area (Å²) < 4.78 is 14.9. The third-order valence-electron chi connectivity index (χ3n) is 4.11. The highest BCUT2D eigenvalue weighted by atomic mass is 35.5. The number of nitrogens with two attached hydrogens (primary N) is 1. The second kappa shape index (κ2) is 5.06. The highest BCUT2D eigenvalue weighted by Gasteiger charge is 2.45. The van der Waals surface area contributed by atoms with Crippen molar-refractivity contribution in [2.45, 2.75) is 12.6 Å². The Bertz CT molecular complexity index is 937. The largest absolute Gasteiger partial charge is 0.382 e. The fraction of sp³-hybridized carbons (Fsp3) is 0.176. The van der Waals surface area contributed by atoms with Crippen LogP contribution < -0.4 is 5.73 Å². The van der Waals surface area contributed by atoms with Gasteiger partial charge in [-0.15, -0.1) is 0 Å². The van der Waals surface area contributed by atoms with Crippen LogP contribution in [0.15, 0.2) is 42.6 Å². The van der Waals surface area contributed by atoms with E-state index in [9.17, 15) is 9.18 Å². The van der Waals surface area contributed by atoms with Crippen LogP contribution in [-0.4, -0.2) is 21.3 Å². The fourth-order valence-electron chi connectivity index (χ4n) is 2.77. The summed E-state index contributed by atoms with van der Waals surface area (Å²) in [6.07, 6.45) is 0.956. The van der Waals surface area contributed by atoms with Crippen LogP contribution in [0, 0.1) is 5.92 Å². The van der Waals surface area contributed by atoms with Crippen molar-refractivity contribution < 1.29 is 9.18 Å². The van der Waals surface area contributed by atoms with Gasteiger partial charge in [-0.25, -0.2) is 9.37 Å². The van der Waals surface area contributed by atoms with Crippen molar-refractivity contribution in [3.63, 3.8) is 0 Å². The summed E-state index contributed by atoms with van der Waals surface area (Å²) in [4.78, 5) is 16.6. The third-order valence-corrected chi connectivity index (χ3v) is 4.44. The number of rotatable bonds is 3. The number of benzene rings is 1. The van der Waals surface area contributed by atoms with E-state index in [1.165, 1.54) is 0 Å². The number of carbonyl (C=O) groups is 1. The fourth-order valence-corrected chi connectivity index (χ4v) is 3.02. The van der Waals surface area contributed by atoms with Gasteiger partial charge in [0, 0.05) is 16.8 Å². The Morgan fingerprint density at radius 3 is 2.74 bits per heavy atom. The lowest BCUT2D eigenvalue weighted by Gasteiger charge is -2.07. The molecule has 0 spiro atoms. The minimum atomic E-state index is -1.07. The van der Waals surface area contributed by atoms with Gasteiger partial charge in [-0.1, -0.05) is 29.8 Å². The van der Waals surface area contributed by atoms with Gasteiger partial charge in [-0.05, 0) is 30.2 Å². The summed E-state index contributed by atoms with van der Waals surface area (Å²) >= 11 is 6.23. The first-order valence-corrected chi connectivity index (χ1v) is 7.65. The number of hydrogen-bond acceptors (Lipinski definition) is 3. The number of alkyl halides is 1. The molecule has 0 saturated heterocycles. The van der Waals surface area contributed by atoms with Crippen LogP contribution in [0.3, 0.4) is 0 Å². The number of anilines is 1. The molecule has 3 aromatic rings. The van der Waals surface area contributed by atoms with E-state index in [1.54, 1.807) is 22.7 Å². The van der Waals surface area contributed by atoms with Gasteiger partial charge in [0.15, 0.2) is 11.6 Å². The van der Waals surface area contributed by atoms with Crippen molar-refractivity contribution in [3.05, 3.63) is 53.3 Å². The van der Waals surface area contributed by atoms with Crippen molar-refractivity contribution in [2.75, 3.05) is 5.73 Å². The topological polar surface area (TPSA) is 60.4 Å². The van der Waals surface area contributed by atoms with Crippen LogP contribution >= 0.6 is 11.6 Å². The molecule has 0 amide bonds. The van der Waals surface area contributed by atoms with Crippen molar-refractivity contribution in [1.82, 2.24) is 9.38 Å². The van der Waals surface area contributed by atoms with E-state index >= 15 is 0 Å². The zero-order chi connectivity index (χ0) is 16.1. The van der Waals surface area contributed by atoms with E-state index in [1.807, 2.05) is 24.3 Å². The number of fused-ring (bicyclic) bond motifs is 1. The molecule has 0 aliphatic heterocycles. The maximum atomic E-state index is 13.2. The van der Waals surface area contributed by atoms with Crippen LogP contribution in [0.5, 0.6) is 0 Å². The molecule has 1 aromatic carbocycles. The van der Waals surface area contributed by atoms with Crippen LogP contribution in [0.1, 0.15) is 16.9 Å². The van der Waals surface area contributed by atoms with Gasteiger partial charge < -0.3 is 5.73 Å². The quantitative estimate of drug-likeness (QED) is 0.744. The molecule has 4 nitrogen and oxygen atoms in total. The predicted octanol–water partition coefficient (Wildman–Crippen LogP) is 3.78. The van der Waals surface area contributed by atoms with Gasteiger partial charge >= 0.3 is 0 Å². The second-order valence-electron chi connectivity index (χ2n) is 5.69. The van der Waals surface area contributed by atoms with E-state index in [0.717, 1.165) is 11.1 Å². The molecule has 4 rings (SSSR count). The number of Topliss-reactive ketones (excluding diaryl/α,β-unsaturated/α-hetero) is 1. The zero-order valence-corrected chi connectivity index (χ0v) is 12.8. The summed E-state index contributed by atoms with van der Waals surface area (Å²) in [7, 11) is 0. The lowest BCUT2D eigenvalue weighted by molar-refractivity contribution is 0.0952. The first kappa shape index (κ1) is 14.2. The molecule has 0 radical (unpaired) electrons. The summed E-state index contributed by atoms with van der Waals surface area (Å²) in [5, 5.41) is 0.610. The first-order valence-electron chi connectivity index (χ1n) is 7.27. The van der Waals surface area contributed by atoms with Crippen molar-refractivity contribution in [3.8, 4) is 11.1 Å². The highest BCUT2D eigenvalue weighted by molar-refractivity contribution is 6.33. The Hall–Kier alpha value is -2.40.